The molecule has 1 fully saturated rings. The molecule has 0 aliphatic carbocycles. The van der Waals surface area contributed by atoms with Crippen LogP contribution in [-0.2, 0) is 14.8 Å². The van der Waals surface area contributed by atoms with Gasteiger partial charge in [0.1, 0.15) is 0 Å². The van der Waals surface area contributed by atoms with Crippen LogP contribution in [-0.4, -0.2) is 62.0 Å². The summed E-state index contributed by atoms with van der Waals surface area (Å²) in [6.45, 7) is 2.65. The van der Waals surface area contributed by atoms with Gasteiger partial charge in [0.2, 0.25) is 10.0 Å². The van der Waals surface area contributed by atoms with Crippen molar-refractivity contribution in [1.82, 2.24) is 4.31 Å². The number of nitrogens with two attached hydrogens (primary N) is 1. The van der Waals surface area contributed by atoms with Gasteiger partial charge in [-0.3, -0.25) is 0 Å². The molecule has 0 spiro atoms. The van der Waals surface area contributed by atoms with E-state index in [-0.39, 0.29) is 19.7 Å². The number of aliphatic hydroxyl groups is 1. The fourth-order valence-corrected chi connectivity index (χ4v) is 3.53. The van der Waals surface area contributed by atoms with Crippen molar-refractivity contribution in [2.24, 2.45) is 5.73 Å². The highest BCUT2D eigenvalue weighted by Crippen LogP contribution is 2.15. The zero-order chi connectivity index (χ0) is 12.2. The maximum atomic E-state index is 12.1. The average molecular weight is 252 g/mol. The highest BCUT2D eigenvalue weighted by molar-refractivity contribution is 7.89. The van der Waals surface area contributed by atoms with Crippen LogP contribution in [0.1, 0.15) is 13.3 Å². The first-order valence-electron chi connectivity index (χ1n) is 5.47. The minimum absolute atomic E-state index is 0.125. The van der Waals surface area contributed by atoms with Gasteiger partial charge in [0.15, 0.2) is 0 Å². The molecule has 0 bridgehead atoms. The van der Waals surface area contributed by atoms with E-state index in [2.05, 4.69) is 0 Å². The van der Waals surface area contributed by atoms with Gasteiger partial charge >= 0.3 is 0 Å². The van der Waals surface area contributed by atoms with Gasteiger partial charge in [-0.2, -0.15) is 4.31 Å². The number of rotatable bonds is 5. The first-order valence-corrected chi connectivity index (χ1v) is 6.98. The molecule has 7 heteroatoms. The Bertz CT molecular complexity index is 303. The predicted molar refractivity (Wildman–Crippen MR) is 60.5 cm³/mol. The largest absolute Gasteiger partial charge is 0.394 e. The van der Waals surface area contributed by atoms with E-state index in [9.17, 15) is 8.42 Å². The third-order valence-electron chi connectivity index (χ3n) is 2.80. The van der Waals surface area contributed by atoms with Gasteiger partial charge in [0.05, 0.1) is 24.6 Å². The van der Waals surface area contributed by atoms with Crippen LogP contribution in [0.15, 0.2) is 0 Å². The zero-order valence-corrected chi connectivity index (χ0v) is 10.3. The van der Waals surface area contributed by atoms with Crippen LogP contribution in [0.3, 0.4) is 0 Å². The lowest BCUT2D eigenvalue weighted by Gasteiger charge is -2.33. The predicted octanol–water partition coefficient (Wildman–Crippen LogP) is -1.25. The average Bonchev–Trinajstić information content (AvgIpc) is 2.30. The summed E-state index contributed by atoms with van der Waals surface area (Å²) < 4.78 is 30.8. The lowest BCUT2D eigenvalue weighted by Crippen LogP contribution is -2.51. The van der Waals surface area contributed by atoms with Crippen molar-refractivity contribution in [2.45, 2.75) is 24.7 Å². The Morgan fingerprint density at radius 1 is 1.62 bits per heavy atom. The van der Waals surface area contributed by atoms with Crippen molar-refractivity contribution in [3.63, 3.8) is 0 Å². The van der Waals surface area contributed by atoms with Crippen LogP contribution in [0.4, 0.5) is 0 Å². The maximum Gasteiger partial charge on any atom is 0.218 e. The molecule has 1 aliphatic heterocycles. The van der Waals surface area contributed by atoms with E-state index in [0.717, 1.165) is 0 Å². The molecule has 16 heavy (non-hydrogen) atoms. The van der Waals surface area contributed by atoms with E-state index in [1.807, 2.05) is 0 Å². The van der Waals surface area contributed by atoms with Crippen molar-refractivity contribution in [3.05, 3.63) is 0 Å². The van der Waals surface area contributed by atoms with Crippen molar-refractivity contribution in [3.8, 4) is 0 Å². The fourth-order valence-electron chi connectivity index (χ4n) is 1.74. The standard InChI is InChI=1S/C9H20N2O4S/c1-2-9(5-10)16(13,14)11-3-4-15-8(6-11)7-12/h8-9,12H,2-7,10H2,1H3. The molecule has 2 atom stereocenters. The smallest absolute Gasteiger partial charge is 0.218 e. The van der Waals surface area contributed by atoms with Crippen LogP contribution in [0.5, 0.6) is 0 Å². The van der Waals surface area contributed by atoms with Crippen molar-refractivity contribution >= 4 is 10.0 Å². The SMILES string of the molecule is CCC(CN)S(=O)(=O)N1CCOC(CO)C1. The topological polar surface area (TPSA) is 92.9 Å². The maximum absolute atomic E-state index is 12.1. The molecule has 3 N–H and O–H groups in total. The lowest BCUT2D eigenvalue weighted by atomic mass is 10.3. The molecule has 96 valence electrons. The molecule has 1 saturated heterocycles. The summed E-state index contributed by atoms with van der Waals surface area (Å²) in [5.74, 6) is 0. The van der Waals surface area contributed by atoms with Gasteiger partial charge < -0.3 is 15.6 Å². The second-order valence-corrected chi connectivity index (χ2v) is 6.06. The number of nitrogens with zero attached hydrogens (tertiary/aromatic N) is 1. The number of sulfonamides is 1. The first-order chi connectivity index (χ1) is 7.56. The molecular weight excluding hydrogens is 232 g/mol. The molecule has 2 unspecified atom stereocenters. The molecule has 6 nitrogen and oxygen atoms in total. The van der Waals surface area contributed by atoms with E-state index in [4.69, 9.17) is 15.6 Å². The van der Waals surface area contributed by atoms with E-state index in [1.54, 1.807) is 6.92 Å². The highest BCUT2D eigenvalue weighted by atomic mass is 32.2. The monoisotopic (exact) mass is 252 g/mol. The van der Waals surface area contributed by atoms with Gasteiger partial charge in [-0.15, -0.1) is 0 Å². The Labute approximate surface area is 96.4 Å². The normalized spacial score (nSPS) is 25.6. The number of ether oxygens (including phenoxy) is 1. The van der Waals surface area contributed by atoms with Crippen molar-refractivity contribution < 1.29 is 18.3 Å². The molecule has 0 saturated carbocycles. The highest BCUT2D eigenvalue weighted by Gasteiger charge is 2.33. The number of aliphatic hydroxyl groups excluding tert-OH is 1. The molecule has 1 aliphatic rings. The van der Waals surface area contributed by atoms with E-state index in [1.165, 1.54) is 4.31 Å². The summed E-state index contributed by atoms with van der Waals surface area (Å²) in [7, 11) is -3.35. The Hall–Kier alpha value is -0.210. The molecule has 0 aromatic carbocycles. The summed E-state index contributed by atoms with van der Waals surface area (Å²) in [6.07, 6.45) is 0.0822. The van der Waals surface area contributed by atoms with E-state index in [0.29, 0.717) is 19.6 Å². The minimum Gasteiger partial charge on any atom is -0.394 e. The molecule has 0 aromatic rings. The van der Waals surface area contributed by atoms with E-state index >= 15 is 0 Å². The quantitative estimate of drug-likeness (QED) is 0.637. The summed E-state index contributed by atoms with van der Waals surface area (Å²) in [4.78, 5) is 0. The van der Waals surface area contributed by atoms with Crippen molar-refractivity contribution in [1.29, 1.82) is 0 Å². The number of hydrogen-bond acceptors (Lipinski definition) is 5. The van der Waals surface area contributed by atoms with Crippen LogP contribution in [0.25, 0.3) is 0 Å². The summed E-state index contributed by atoms with van der Waals surface area (Å²) in [5.41, 5.74) is 5.46. The molecule has 0 aromatic heterocycles. The molecule has 0 amide bonds. The van der Waals surface area contributed by atoms with Crippen LogP contribution >= 0.6 is 0 Å². The Morgan fingerprint density at radius 3 is 2.81 bits per heavy atom. The van der Waals surface area contributed by atoms with Gasteiger partial charge in [0, 0.05) is 19.6 Å². The van der Waals surface area contributed by atoms with Crippen molar-refractivity contribution in [2.75, 3.05) is 32.8 Å². The van der Waals surface area contributed by atoms with Crippen LogP contribution in [0.2, 0.25) is 0 Å². The molecular formula is C9H20N2O4S. The molecule has 0 radical (unpaired) electrons. The summed E-state index contributed by atoms with van der Waals surface area (Å²) in [6, 6.07) is 0. The number of hydrogen-bond donors (Lipinski definition) is 2. The fraction of sp³-hybridized carbons (Fsp3) is 1.00. The van der Waals surface area contributed by atoms with E-state index < -0.39 is 21.4 Å². The number of morpholine rings is 1. The first kappa shape index (κ1) is 13.9. The van der Waals surface area contributed by atoms with Gasteiger partial charge in [-0.1, -0.05) is 6.92 Å². The van der Waals surface area contributed by atoms with Gasteiger partial charge in [-0.05, 0) is 6.42 Å². The molecule has 1 heterocycles. The van der Waals surface area contributed by atoms with Crippen LogP contribution < -0.4 is 5.73 Å². The second kappa shape index (κ2) is 5.92. The second-order valence-electron chi connectivity index (χ2n) is 3.84. The summed E-state index contributed by atoms with van der Waals surface area (Å²) in [5, 5.41) is 8.42. The van der Waals surface area contributed by atoms with Crippen LogP contribution in [0, 0.1) is 0 Å². The third-order valence-corrected chi connectivity index (χ3v) is 5.22. The zero-order valence-electron chi connectivity index (χ0n) is 9.50. The Morgan fingerprint density at radius 2 is 2.31 bits per heavy atom. The van der Waals surface area contributed by atoms with Gasteiger partial charge in [0.25, 0.3) is 0 Å². The Balaban J connectivity index is 2.75. The summed E-state index contributed by atoms with van der Waals surface area (Å²) >= 11 is 0. The minimum atomic E-state index is -3.35. The molecule has 1 rings (SSSR count). The Kier molecular flexibility index (Phi) is 5.13. The lowest BCUT2D eigenvalue weighted by molar-refractivity contribution is -0.0306. The van der Waals surface area contributed by atoms with Gasteiger partial charge in [-0.25, -0.2) is 8.42 Å². The third kappa shape index (κ3) is 2.92.